The summed E-state index contributed by atoms with van der Waals surface area (Å²) in [6.45, 7) is 35.8. The van der Waals surface area contributed by atoms with Crippen LogP contribution in [0.15, 0.2) is 4.99 Å². The zero-order valence-corrected chi connectivity index (χ0v) is 67.7. The minimum absolute atomic E-state index is 0.136. The van der Waals surface area contributed by atoms with Gasteiger partial charge >= 0.3 is 24.2 Å². The van der Waals surface area contributed by atoms with Crippen molar-refractivity contribution in [3.8, 4) is 30.3 Å². The van der Waals surface area contributed by atoms with Gasteiger partial charge in [-0.3, -0.25) is 24.0 Å². The Morgan fingerprint density at radius 1 is 0.417 bits per heavy atom. The third kappa shape index (κ3) is 37.5. The van der Waals surface area contributed by atoms with E-state index in [0.717, 1.165) is 51.6 Å². The molecule has 9 amide bonds. The lowest BCUT2D eigenvalue weighted by molar-refractivity contribution is -0.140. The average molecular weight is 1510 g/mol. The first-order chi connectivity index (χ1) is 50.1. The first-order valence-electron chi connectivity index (χ1n) is 38.6. The van der Waals surface area contributed by atoms with Gasteiger partial charge in [-0.05, 0) is 211 Å². The fourth-order valence-electron chi connectivity index (χ4n) is 11.8. The Morgan fingerprint density at radius 3 is 0.981 bits per heavy atom. The van der Waals surface area contributed by atoms with Crippen LogP contribution in [0, 0.1) is 97.6 Å². The Hall–Kier alpha value is -8.62. The van der Waals surface area contributed by atoms with Crippen LogP contribution in [0.5, 0.6) is 0 Å². The number of carbonyl (C=O) groups excluding carboxylic acids is 9. The molecule has 7 rings (SSSR count). The number of aliphatic carboxylic acids is 1. The summed E-state index contributed by atoms with van der Waals surface area (Å²) in [5.74, 6) is -0.586. The van der Waals surface area contributed by atoms with Gasteiger partial charge in [-0.25, -0.2) is 24.0 Å². The number of carboxylic acid groups (broad SMARTS) is 1. The molecule has 7 fully saturated rings. The van der Waals surface area contributed by atoms with Crippen LogP contribution in [0.25, 0.3) is 0 Å². The molecule has 0 bridgehead atoms. The molecule has 1 saturated heterocycles. The highest BCUT2D eigenvalue weighted by molar-refractivity contribution is 5.89. The van der Waals surface area contributed by atoms with Crippen molar-refractivity contribution >= 4 is 59.8 Å². The largest absolute Gasteiger partial charge is 0.480 e. The van der Waals surface area contributed by atoms with E-state index in [1.807, 2.05) is 88.0 Å². The normalized spacial score (nSPS) is 19.3. The number of piperidine rings is 1. The summed E-state index contributed by atoms with van der Waals surface area (Å²) in [7, 11) is 0. The second-order valence-electron chi connectivity index (χ2n) is 34.9. The standard InChI is InChI=1S/C21H34N4O2.C15H25N3O3.C11H15N3O2.C11H21NO4.2C10H17N3O/c1-16(2)14-17(18(26)24-21(15-22)8-9-21)23-19(27)25-12-10-20(11-13-25)6-4-3-5-7-20;1-10(2)8-11(17-13(20)21-14(3,4)5)12(19)18-15(9-16)6-7-15;1-8(2)5-9(13-7-15)10(16)14-11(6-12)3-4-11;1-7(2)6-8(9(13)14)12-10(15)16-11(3,4)5;2*1-7(2)5-8(12)9(14)13-10(6-11)3-4-10/h16-17H,3-14H2,1-2H3,(H,23,27)(H,24,26);10-11H,6-8H2,1-5H3,(H,17,20)(H,18,19);8-9H,3-5H2,1-2H3,(H,14,16);7-8H,6H2,1-5H3,(H,12,15)(H,13,14);2*7-8H,3-5,12H2,1-2H3,(H,13,14). The first kappa shape index (κ1) is 95.5. The third-order valence-corrected chi connectivity index (χ3v) is 18.7. The van der Waals surface area contributed by atoms with Crippen LogP contribution in [0.2, 0.25) is 0 Å². The smallest absolute Gasteiger partial charge is 0.408 e. The lowest BCUT2D eigenvalue weighted by Gasteiger charge is -2.44. The molecule has 0 radical (unpaired) electrons. The molecule has 6 saturated carbocycles. The van der Waals surface area contributed by atoms with Gasteiger partial charge in [0.05, 0.1) is 42.4 Å². The SMILES string of the molecule is CC(C)CC(N)C(=O)NC1(C#N)CC1.CC(C)CC(N)C(=O)NC1(C#N)CC1.CC(C)CC(N=C=O)C(=O)NC1(C#N)CC1.CC(C)CC(NC(=O)N1CCC2(CCCCC2)CC1)C(=O)NC1(C#N)CC1.CC(C)CC(NC(=O)OC(C)(C)C)C(=O)NC1(C#N)CC1.CC(C)CC(NC(=O)OC(C)(C)C)C(=O)O. The summed E-state index contributed by atoms with van der Waals surface area (Å²) in [5.41, 5.74) is 7.27. The maximum atomic E-state index is 12.8. The highest BCUT2D eigenvalue weighted by Crippen LogP contribution is 2.45. The van der Waals surface area contributed by atoms with E-state index in [-0.39, 0.29) is 59.2 Å². The molecule has 6 aliphatic carbocycles. The van der Waals surface area contributed by atoms with Crippen molar-refractivity contribution in [1.29, 1.82) is 26.3 Å². The summed E-state index contributed by atoms with van der Waals surface area (Å²) in [4.78, 5) is 122. The third-order valence-electron chi connectivity index (χ3n) is 18.7. The minimum atomic E-state index is -1.04. The van der Waals surface area contributed by atoms with Crippen LogP contribution in [0.4, 0.5) is 14.4 Å². The van der Waals surface area contributed by atoms with Crippen molar-refractivity contribution in [1.82, 2.24) is 47.4 Å². The number of hydrogen-bond acceptors (Lipinski definition) is 20. The number of nitrogens with two attached hydrogens (primary N) is 2. The molecule has 6 atom stereocenters. The maximum absolute atomic E-state index is 12.8. The van der Waals surface area contributed by atoms with Gasteiger partial charge in [0, 0.05) is 13.1 Å². The number of carboxylic acids is 1. The van der Waals surface area contributed by atoms with E-state index < -0.39 is 93.3 Å². The number of isocyanates is 1. The van der Waals surface area contributed by atoms with E-state index in [1.54, 1.807) is 41.5 Å². The van der Waals surface area contributed by atoms with Crippen LogP contribution in [-0.4, -0.2) is 158 Å². The number of likely N-dealkylation sites (tertiary alicyclic amines) is 1. The van der Waals surface area contributed by atoms with Gasteiger partial charge in [0.2, 0.25) is 35.6 Å². The molecule has 0 aromatic rings. The van der Waals surface area contributed by atoms with E-state index in [2.05, 4.69) is 77.9 Å². The number of amides is 9. The molecule has 0 aromatic heterocycles. The molecule has 1 spiro atoms. The number of hydrogen-bond donors (Lipinski definition) is 11. The summed E-state index contributed by atoms with van der Waals surface area (Å²) in [6, 6.07) is 6.58. The van der Waals surface area contributed by atoms with Gasteiger partial charge in [0.15, 0.2) is 0 Å². The van der Waals surface area contributed by atoms with Gasteiger partial charge in [-0.2, -0.15) is 31.3 Å². The topological polar surface area (TPSA) is 492 Å². The van der Waals surface area contributed by atoms with Crippen LogP contribution in [-0.2, 0) is 43.0 Å². The first-order valence-corrected chi connectivity index (χ1v) is 38.6. The average Bonchev–Trinajstić information content (AvgIpc) is 1.66. The second kappa shape index (κ2) is 43.0. The fourth-order valence-corrected chi connectivity index (χ4v) is 11.8. The zero-order chi connectivity index (χ0) is 82.4. The number of nitrogens with zero attached hydrogens (tertiary/aromatic N) is 7. The summed E-state index contributed by atoms with van der Waals surface area (Å²) >= 11 is 0. The molecule has 30 nitrogen and oxygen atoms in total. The van der Waals surface area contributed by atoms with E-state index in [4.69, 9.17) is 47.1 Å². The summed E-state index contributed by atoms with van der Waals surface area (Å²) in [5, 5.41) is 75.0. The predicted molar refractivity (Wildman–Crippen MR) is 406 cm³/mol. The molecule has 13 N–H and O–H groups in total. The van der Waals surface area contributed by atoms with Gasteiger partial charge in [0.25, 0.3) is 0 Å². The van der Waals surface area contributed by atoms with Crippen LogP contribution >= 0.6 is 0 Å². The number of carbonyl (C=O) groups is 9. The molecule has 30 heteroatoms. The molecular weight excluding hydrogens is 1380 g/mol. The predicted octanol–water partition coefficient (Wildman–Crippen LogP) is 9.41. The van der Waals surface area contributed by atoms with Gasteiger partial charge in [-0.15, -0.1) is 0 Å². The van der Waals surface area contributed by atoms with Crippen molar-refractivity contribution in [3.05, 3.63) is 0 Å². The number of alkyl carbamates (subject to hydrolysis) is 2. The van der Waals surface area contributed by atoms with Crippen molar-refractivity contribution in [2.45, 2.75) is 347 Å². The number of rotatable bonds is 27. The molecule has 108 heavy (non-hydrogen) atoms. The number of ether oxygens (including phenoxy) is 2. The molecule has 7 aliphatic rings. The molecule has 6 unspecified atom stereocenters. The van der Waals surface area contributed by atoms with Crippen LogP contribution in [0.3, 0.4) is 0 Å². The van der Waals surface area contributed by atoms with Crippen molar-refractivity contribution in [2.24, 2.45) is 57.4 Å². The highest BCUT2D eigenvalue weighted by atomic mass is 16.6. The van der Waals surface area contributed by atoms with Crippen molar-refractivity contribution in [3.63, 3.8) is 0 Å². The number of aliphatic imine (C=N–C) groups is 1. The van der Waals surface area contributed by atoms with Crippen molar-refractivity contribution < 1.29 is 62.5 Å². The molecular formula is C78H129N17O13. The minimum Gasteiger partial charge on any atom is -0.480 e. The number of nitriles is 5. The lowest BCUT2D eigenvalue weighted by atomic mass is 9.68. The van der Waals surface area contributed by atoms with Crippen LogP contribution in [0.1, 0.15) is 272 Å². The molecule has 1 aliphatic heterocycles. The van der Waals surface area contributed by atoms with Gasteiger partial charge in [-0.1, -0.05) is 102 Å². The second-order valence-corrected chi connectivity index (χ2v) is 34.9. The van der Waals surface area contributed by atoms with Crippen LogP contribution < -0.4 is 54.0 Å². The molecule has 604 valence electrons. The van der Waals surface area contributed by atoms with Gasteiger partial charge in [0.1, 0.15) is 63.1 Å². The van der Waals surface area contributed by atoms with E-state index in [9.17, 15) is 53.2 Å². The lowest BCUT2D eigenvalue weighted by Crippen LogP contribution is -2.55. The fraction of sp³-hybridized carbons (Fsp3) is 0.808. The van der Waals surface area contributed by atoms with Crippen molar-refractivity contribution in [2.75, 3.05) is 13.1 Å². The van der Waals surface area contributed by atoms with E-state index >= 15 is 0 Å². The Balaban J connectivity index is 0.000000448. The highest BCUT2D eigenvalue weighted by Gasteiger charge is 2.50. The Bertz CT molecular complexity index is 3210. The van der Waals surface area contributed by atoms with E-state index in [0.29, 0.717) is 94.3 Å². The molecule has 0 aromatic carbocycles. The Kier molecular flexibility index (Phi) is 38.0. The monoisotopic (exact) mass is 1510 g/mol. The van der Waals surface area contributed by atoms with Gasteiger partial charge < -0.3 is 73.5 Å². The zero-order valence-electron chi connectivity index (χ0n) is 67.7. The summed E-state index contributed by atoms with van der Waals surface area (Å²) < 4.78 is 10.2. The number of urea groups is 1. The Morgan fingerprint density at radius 2 is 0.704 bits per heavy atom. The molecule has 1 heterocycles. The quantitative estimate of drug-likeness (QED) is 0.0269. The summed E-state index contributed by atoms with van der Waals surface area (Å²) in [6.07, 6.45) is 19.2. The number of nitrogens with one attached hydrogen (secondary N) is 8. The van der Waals surface area contributed by atoms with E-state index in [1.165, 1.54) is 38.2 Å². The maximum Gasteiger partial charge on any atom is 0.408 e. The Labute approximate surface area is 641 Å².